The van der Waals surface area contributed by atoms with Gasteiger partial charge < -0.3 is 15.0 Å². The Hall–Kier alpha value is -3.81. The van der Waals surface area contributed by atoms with E-state index in [-0.39, 0.29) is 5.91 Å². The van der Waals surface area contributed by atoms with Crippen molar-refractivity contribution in [1.82, 2.24) is 24.8 Å². The SMILES string of the molecule is CNCCN(C)C(=O)c1cnc2c(c1)nc(NC(=O)c1cccc(C#N)c1)n2CCCOC. The van der Waals surface area contributed by atoms with Crippen LogP contribution in [0.15, 0.2) is 36.5 Å². The molecule has 0 aliphatic rings. The van der Waals surface area contributed by atoms with Gasteiger partial charge in [-0.1, -0.05) is 6.07 Å². The van der Waals surface area contributed by atoms with E-state index in [4.69, 9.17) is 10.00 Å². The van der Waals surface area contributed by atoms with Crippen LogP contribution in [0.4, 0.5) is 5.95 Å². The molecule has 0 bridgehead atoms. The number of likely N-dealkylation sites (N-methyl/N-ethyl adjacent to an activating group) is 2. The summed E-state index contributed by atoms with van der Waals surface area (Å²) in [7, 11) is 5.18. The van der Waals surface area contributed by atoms with Gasteiger partial charge in [-0.15, -0.1) is 0 Å². The number of aromatic nitrogens is 3. The van der Waals surface area contributed by atoms with Crippen LogP contribution >= 0.6 is 0 Å². The number of aryl methyl sites for hydroxylation is 1. The van der Waals surface area contributed by atoms with Crippen molar-refractivity contribution in [3.05, 3.63) is 53.2 Å². The fourth-order valence-corrected chi connectivity index (χ4v) is 3.31. The summed E-state index contributed by atoms with van der Waals surface area (Å²) in [6.07, 6.45) is 2.21. The normalized spacial score (nSPS) is 10.7. The Morgan fingerprint density at radius 3 is 2.82 bits per heavy atom. The molecule has 172 valence electrons. The minimum atomic E-state index is -0.390. The number of hydrogen-bond acceptors (Lipinski definition) is 7. The van der Waals surface area contributed by atoms with Crippen LogP contribution < -0.4 is 10.6 Å². The van der Waals surface area contributed by atoms with Crippen molar-refractivity contribution in [2.24, 2.45) is 0 Å². The molecule has 1 aromatic carbocycles. The van der Waals surface area contributed by atoms with E-state index in [0.29, 0.717) is 66.5 Å². The molecule has 0 unspecified atom stereocenters. The van der Waals surface area contributed by atoms with Gasteiger partial charge in [0, 0.05) is 52.2 Å². The maximum absolute atomic E-state index is 12.8. The minimum Gasteiger partial charge on any atom is -0.385 e. The van der Waals surface area contributed by atoms with E-state index in [1.54, 1.807) is 47.9 Å². The summed E-state index contributed by atoms with van der Waals surface area (Å²) in [5.41, 5.74) is 2.22. The molecule has 0 spiro atoms. The second kappa shape index (κ2) is 11.2. The standard InChI is InChI=1S/C23H27N7O3/c1-25-8-10-29(2)22(32)18-13-19-20(26-15-18)30(9-5-11-33-3)23(27-19)28-21(31)17-7-4-6-16(12-17)14-24/h4,6-7,12-13,15,25H,5,8-11H2,1-3H3,(H,27,28,31). The number of pyridine rings is 1. The van der Waals surface area contributed by atoms with Gasteiger partial charge in [0.1, 0.15) is 5.52 Å². The number of ether oxygens (including phenoxy) is 1. The summed E-state index contributed by atoms with van der Waals surface area (Å²) in [6, 6.07) is 10.1. The molecule has 0 atom stereocenters. The van der Waals surface area contributed by atoms with E-state index in [0.717, 1.165) is 0 Å². The molecule has 0 aliphatic heterocycles. The Kier molecular flexibility index (Phi) is 8.07. The van der Waals surface area contributed by atoms with E-state index in [9.17, 15) is 9.59 Å². The molecular weight excluding hydrogens is 422 g/mol. The number of nitrogens with zero attached hydrogens (tertiary/aromatic N) is 5. The van der Waals surface area contributed by atoms with Crippen LogP contribution in [-0.4, -0.2) is 72.2 Å². The van der Waals surface area contributed by atoms with Gasteiger partial charge in [0.05, 0.1) is 17.2 Å². The van der Waals surface area contributed by atoms with E-state index in [1.807, 2.05) is 13.1 Å². The number of benzene rings is 1. The van der Waals surface area contributed by atoms with Gasteiger partial charge in [-0.05, 0) is 37.7 Å². The number of anilines is 1. The van der Waals surface area contributed by atoms with Crippen molar-refractivity contribution in [2.75, 3.05) is 46.2 Å². The molecule has 10 nitrogen and oxygen atoms in total. The second-order valence-electron chi connectivity index (χ2n) is 7.48. The monoisotopic (exact) mass is 449 g/mol. The van der Waals surface area contributed by atoms with E-state index in [2.05, 4.69) is 20.6 Å². The Morgan fingerprint density at radius 1 is 1.27 bits per heavy atom. The third-order valence-corrected chi connectivity index (χ3v) is 5.09. The lowest BCUT2D eigenvalue weighted by molar-refractivity contribution is 0.0796. The zero-order valence-electron chi connectivity index (χ0n) is 19.0. The van der Waals surface area contributed by atoms with E-state index < -0.39 is 5.91 Å². The Labute approximate surface area is 192 Å². The van der Waals surface area contributed by atoms with Gasteiger partial charge in [0.15, 0.2) is 5.65 Å². The lowest BCUT2D eigenvalue weighted by atomic mass is 10.1. The van der Waals surface area contributed by atoms with Gasteiger partial charge in [0.25, 0.3) is 11.8 Å². The number of nitriles is 1. The average molecular weight is 450 g/mol. The fraction of sp³-hybridized carbons (Fsp3) is 0.348. The molecule has 33 heavy (non-hydrogen) atoms. The number of imidazole rings is 1. The predicted octanol–water partition coefficient (Wildman–Crippen LogP) is 1.88. The van der Waals surface area contributed by atoms with Crippen LogP contribution in [0.2, 0.25) is 0 Å². The minimum absolute atomic E-state index is 0.160. The zero-order valence-corrected chi connectivity index (χ0v) is 19.0. The quantitative estimate of drug-likeness (QED) is 0.453. The van der Waals surface area contributed by atoms with Gasteiger partial charge in [-0.2, -0.15) is 5.26 Å². The molecule has 0 saturated carbocycles. The third kappa shape index (κ3) is 5.71. The number of fused-ring (bicyclic) bond motifs is 1. The molecule has 2 N–H and O–H groups in total. The number of methoxy groups -OCH3 is 1. The fourth-order valence-electron chi connectivity index (χ4n) is 3.31. The van der Waals surface area contributed by atoms with E-state index >= 15 is 0 Å². The molecule has 3 rings (SSSR count). The van der Waals surface area contributed by atoms with Crippen LogP contribution in [0.1, 0.15) is 32.7 Å². The van der Waals surface area contributed by atoms with E-state index in [1.165, 1.54) is 12.3 Å². The number of nitrogens with one attached hydrogen (secondary N) is 2. The largest absolute Gasteiger partial charge is 0.385 e. The van der Waals surface area contributed by atoms with Crippen LogP contribution in [0, 0.1) is 11.3 Å². The van der Waals surface area contributed by atoms with Gasteiger partial charge in [0.2, 0.25) is 5.95 Å². The summed E-state index contributed by atoms with van der Waals surface area (Å²) in [6.45, 7) is 2.28. The molecule has 2 aromatic heterocycles. The molecular formula is C23H27N7O3. The lowest BCUT2D eigenvalue weighted by Gasteiger charge is -2.16. The van der Waals surface area contributed by atoms with Gasteiger partial charge in [-0.25, -0.2) is 9.97 Å². The molecule has 2 amide bonds. The first-order valence-corrected chi connectivity index (χ1v) is 10.5. The molecule has 0 fully saturated rings. The van der Waals surface area contributed by atoms with Crippen molar-refractivity contribution in [3.63, 3.8) is 0 Å². The molecule has 0 aliphatic carbocycles. The molecule has 2 heterocycles. The maximum atomic E-state index is 12.8. The summed E-state index contributed by atoms with van der Waals surface area (Å²) >= 11 is 0. The second-order valence-corrected chi connectivity index (χ2v) is 7.48. The van der Waals surface area contributed by atoms with Gasteiger partial charge >= 0.3 is 0 Å². The van der Waals surface area contributed by atoms with Crippen molar-refractivity contribution in [3.8, 4) is 6.07 Å². The Balaban J connectivity index is 1.93. The zero-order chi connectivity index (χ0) is 23.8. The molecule has 0 radical (unpaired) electrons. The lowest BCUT2D eigenvalue weighted by Crippen LogP contribution is -2.32. The highest BCUT2D eigenvalue weighted by atomic mass is 16.5. The Bertz CT molecular complexity index is 1180. The van der Waals surface area contributed by atoms with Crippen LogP contribution in [0.25, 0.3) is 11.2 Å². The number of amides is 2. The highest BCUT2D eigenvalue weighted by Crippen LogP contribution is 2.21. The maximum Gasteiger partial charge on any atom is 0.258 e. The van der Waals surface area contributed by atoms with Crippen LogP contribution in [0.5, 0.6) is 0 Å². The highest BCUT2D eigenvalue weighted by Gasteiger charge is 2.19. The highest BCUT2D eigenvalue weighted by molar-refractivity contribution is 6.04. The van der Waals surface area contributed by atoms with Crippen LogP contribution in [-0.2, 0) is 11.3 Å². The summed E-state index contributed by atoms with van der Waals surface area (Å²) in [4.78, 5) is 36.2. The summed E-state index contributed by atoms with van der Waals surface area (Å²) < 4.78 is 6.94. The summed E-state index contributed by atoms with van der Waals surface area (Å²) in [5, 5.41) is 14.9. The number of hydrogen-bond donors (Lipinski definition) is 2. The number of carbonyl (C=O) groups excluding carboxylic acids is 2. The first-order valence-electron chi connectivity index (χ1n) is 10.5. The first kappa shape index (κ1) is 23.8. The Morgan fingerprint density at radius 2 is 2.09 bits per heavy atom. The van der Waals surface area contributed by atoms with Crippen molar-refractivity contribution < 1.29 is 14.3 Å². The molecule has 10 heteroatoms. The average Bonchev–Trinajstić information content (AvgIpc) is 3.18. The topological polar surface area (TPSA) is 125 Å². The van der Waals surface area contributed by atoms with Crippen molar-refractivity contribution in [1.29, 1.82) is 5.26 Å². The summed E-state index contributed by atoms with van der Waals surface area (Å²) in [5.74, 6) is -0.236. The smallest absolute Gasteiger partial charge is 0.258 e. The van der Waals surface area contributed by atoms with Crippen LogP contribution in [0.3, 0.4) is 0 Å². The predicted molar refractivity (Wildman–Crippen MR) is 124 cm³/mol. The number of carbonyl (C=O) groups is 2. The molecule has 3 aromatic rings. The number of rotatable bonds is 10. The first-order chi connectivity index (χ1) is 16.0. The molecule has 0 saturated heterocycles. The third-order valence-electron chi connectivity index (χ3n) is 5.09. The van der Waals surface area contributed by atoms with Crippen molar-refractivity contribution in [2.45, 2.75) is 13.0 Å². The van der Waals surface area contributed by atoms with Crippen molar-refractivity contribution >= 4 is 28.9 Å². The van der Waals surface area contributed by atoms with Gasteiger partial charge in [-0.3, -0.25) is 19.5 Å².